The summed E-state index contributed by atoms with van der Waals surface area (Å²) in [4.78, 5) is -0.246. The van der Waals surface area contributed by atoms with Crippen molar-refractivity contribution < 1.29 is 30.4 Å². The summed E-state index contributed by atoms with van der Waals surface area (Å²) in [6.07, 6.45) is -4.78. The van der Waals surface area contributed by atoms with E-state index in [0.717, 1.165) is 35.0 Å². The van der Waals surface area contributed by atoms with Crippen LogP contribution >= 0.6 is 0 Å². The Hall–Kier alpha value is -2.79. The van der Waals surface area contributed by atoms with Crippen molar-refractivity contribution in [3.63, 3.8) is 0 Å². The minimum Gasteiger partial charge on any atom is -0.233 e. The van der Waals surface area contributed by atoms with Crippen LogP contribution in [0.15, 0.2) is 53.4 Å². The van der Waals surface area contributed by atoms with Gasteiger partial charge in [0.15, 0.2) is 17.3 Å². The predicted octanol–water partition coefficient (Wildman–Crippen LogP) is 3.48. The van der Waals surface area contributed by atoms with E-state index in [0.29, 0.717) is 6.07 Å². The monoisotopic (exact) mass is 403 g/mol. The lowest BCUT2D eigenvalue weighted by Gasteiger charge is -2.09. The van der Waals surface area contributed by atoms with Gasteiger partial charge in [0.1, 0.15) is 0 Å². The standard InChI is InChI=1S/C16H10F5N3O2S/c17-12-6-1-9(7-13(12)18)14-8-15(16(19,20)21)23-24(14)10-2-4-11(5-3-10)27(22,25)26/h1-8H,(H2,22,25,26). The van der Waals surface area contributed by atoms with Crippen LogP contribution in [-0.2, 0) is 16.2 Å². The molecule has 0 bridgehead atoms. The summed E-state index contributed by atoms with van der Waals surface area (Å²) in [5, 5.41) is 8.45. The number of aromatic nitrogens is 2. The number of halogens is 5. The number of sulfonamides is 1. The number of benzene rings is 2. The van der Waals surface area contributed by atoms with Gasteiger partial charge in [-0.3, -0.25) is 0 Å². The van der Waals surface area contributed by atoms with Gasteiger partial charge in [0.05, 0.1) is 16.3 Å². The first-order valence-electron chi connectivity index (χ1n) is 7.23. The molecule has 0 aliphatic rings. The highest BCUT2D eigenvalue weighted by molar-refractivity contribution is 7.89. The van der Waals surface area contributed by atoms with Crippen LogP contribution in [0, 0.1) is 11.6 Å². The van der Waals surface area contributed by atoms with E-state index in [9.17, 15) is 30.4 Å². The molecule has 0 spiro atoms. The van der Waals surface area contributed by atoms with Crippen molar-refractivity contribution in [3.8, 4) is 16.9 Å². The molecule has 3 rings (SSSR count). The highest BCUT2D eigenvalue weighted by Crippen LogP contribution is 2.33. The molecule has 0 saturated carbocycles. The van der Waals surface area contributed by atoms with Gasteiger partial charge in [-0.25, -0.2) is 27.0 Å². The lowest BCUT2D eigenvalue weighted by molar-refractivity contribution is -0.141. The van der Waals surface area contributed by atoms with Gasteiger partial charge < -0.3 is 0 Å². The summed E-state index contributed by atoms with van der Waals surface area (Å²) in [5.41, 5.74) is -1.40. The van der Waals surface area contributed by atoms with Crippen molar-refractivity contribution in [2.75, 3.05) is 0 Å². The molecule has 0 aliphatic heterocycles. The first-order chi connectivity index (χ1) is 12.5. The highest BCUT2D eigenvalue weighted by atomic mass is 32.2. The van der Waals surface area contributed by atoms with Gasteiger partial charge in [-0.05, 0) is 48.5 Å². The molecule has 11 heteroatoms. The second kappa shape index (κ2) is 6.43. The summed E-state index contributed by atoms with van der Waals surface area (Å²) in [5.74, 6) is -2.39. The molecule has 2 aromatic carbocycles. The summed E-state index contributed by atoms with van der Waals surface area (Å²) in [7, 11) is -3.99. The van der Waals surface area contributed by atoms with E-state index in [1.54, 1.807) is 0 Å². The number of nitrogens with zero attached hydrogens (tertiary/aromatic N) is 2. The highest BCUT2D eigenvalue weighted by Gasteiger charge is 2.35. The Balaban J connectivity index is 2.19. The molecule has 5 nitrogen and oxygen atoms in total. The topological polar surface area (TPSA) is 78.0 Å². The van der Waals surface area contributed by atoms with Crippen molar-refractivity contribution in [1.82, 2.24) is 9.78 Å². The molecule has 3 aromatic rings. The summed E-state index contributed by atoms with van der Waals surface area (Å²) >= 11 is 0. The molecule has 27 heavy (non-hydrogen) atoms. The Morgan fingerprint density at radius 3 is 2.07 bits per heavy atom. The van der Waals surface area contributed by atoms with Crippen LogP contribution in [0.2, 0.25) is 0 Å². The van der Waals surface area contributed by atoms with Crippen molar-refractivity contribution in [2.24, 2.45) is 5.14 Å². The molecule has 0 atom stereocenters. The Morgan fingerprint density at radius 2 is 1.56 bits per heavy atom. The van der Waals surface area contributed by atoms with E-state index in [4.69, 9.17) is 5.14 Å². The van der Waals surface area contributed by atoms with Crippen LogP contribution in [-0.4, -0.2) is 18.2 Å². The van der Waals surface area contributed by atoms with Gasteiger partial charge in [0.2, 0.25) is 10.0 Å². The van der Waals surface area contributed by atoms with E-state index < -0.39 is 33.5 Å². The molecular weight excluding hydrogens is 393 g/mol. The molecule has 0 radical (unpaired) electrons. The largest absolute Gasteiger partial charge is 0.435 e. The molecule has 1 aromatic heterocycles. The third-order valence-corrected chi connectivity index (χ3v) is 4.55. The summed E-state index contributed by atoms with van der Waals surface area (Å²) < 4.78 is 89.3. The minimum atomic E-state index is -4.78. The average molecular weight is 403 g/mol. The quantitative estimate of drug-likeness (QED) is 0.680. The van der Waals surface area contributed by atoms with Crippen LogP contribution in [0.5, 0.6) is 0 Å². The zero-order valence-electron chi connectivity index (χ0n) is 13.2. The molecule has 0 saturated heterocycles. The second-order valence-electron chi connectivity index (χ2n) is 5.49. The molecule has 142 valence electrons. The van der Waals surface area contributed by atoms with Gasteiger partial charge in [-0.1, -0.05) is 0 Å². The van der Waals surface area contributed by atoms with Crippen molar-refractivity contribution in [3.05, 3.63) is 65.9 Å². The van der Waals surface area contributed by atoms with E-state index in [1.807, 2.05) is 0 Å². The normalized spacial score (nSPS) is 12.4. The number of nitrogens with two attached hydrogens (primary N) is 1. The maximum atomic E-state index is 13.5. The van der Waals surface area contributed by atoms with E-state index in [-0.39, 0.29) is 21.8 Å². The molecule has 1 heterocycles. The molecule has 0 fully saturated rings. The number of alkyl halides is 3. The SMILES string of the molecule is NS(=O)(=O)c1ccc(-n2nc(C(F)(F)F)cc2-c2ccc(F)c(F)c2)cc1. The molecule has 0 amide bonds. The first-order valence-corrected chi connectivity index (χ1v) is 8.77. The van der Waals surface area contributed by atoms with E-state index in [2.05, 4.69) is 5.10 Å². The van der Waals surface area contributed by atoms with Gasteiger partial charge in [0, 0.05) is 5.56 Å². The maximum Gasteiger partial charge on any atom is 0.435 e. The van der Waals surface area contributed by atoms with Gasteiger partial charge in [0.25, 0.3) is 0 Å². The summed E-state index contributed by atoms with van der Waals surface area (Å²) in [6, 6.07) is 7.86. The third-order valence-electron chi connectivity index (χ3n) is 3.62. The molecule has 0 unspecified atom stereocenters. The molecule has 2 N–H and O–H groups in total. The number of primary sulfonamides is 1. The zero-order valence-corrected chi connectivity index (χ0v) is 14.0. The Bertz CT molecular complexity index is 1110. The fourth-order valence-corrected chi connectivity index (χ4v) is 2.87. The minimum absolute atomic E-state index is 0.0487. The van der Waals surface area contributed by atoms with Crippen molar-refractivity contribution in [2.45, 2.75) is 11.1 Å². The fourth-order valence-electron chi connectivity index (χ4n) is 2.35. The lowest BCUT2D eigenvalue weighted by atomic mass is 10.1. The summed E-state index contributed by atoms with van der Waals surface area (Å²) in [6.45, 7) is 0. The second-order valence-corrected chi connectivity index (χ2v) is 7.05. The average Bonchev–Trinajstić information content (AvgIpc) is 3.02. The predicted molar refractivity (Wildman–Crippen MR) is 85.3 cm³/mol. The maximum absolute atomic E-state index is 13.5. The molecular formula is C16H10F5N3O2S. The van der Waals surface area contributed by atoms with E-state index >= 15 is 0 Å². The van der Waals surface area contributed by atoms with Gasteiger partial charge >= 0.3 is 6.18 Å². The van der Waals surface area contributed by atoms with Crippen LogP contribution in [0.25, 0.3) is 16.9 Å². The van der Waals surface area contributed by atoms with Crippen LogP contribution < -0.4 is 5.14 Å². The third kappa shape index (κ3) is 3.83. The number of hydrogen-bond donors (Lipinski definition) is 1. The van der Waals surface area contributed by atoms with Crippen LogP contribution in [0.4, 0.5) is 22.0 Å². The van der Waals surface area contributed by atoms with Gasteiger partial charge in [-0.2, -0.15) is 18.3 Å². The first kappa shape index (κ1) is 19.0. The van der Waals surface area contributed by atoms with Crippen molar-refractivity contribution >= 4 is 10.0 Å². The Kier molecular flexibility index (Phi) is 4.52. The lowest BCUT2D eigenvalue weighted by Crippen LogP contribution is -2.12. The van der Waals surface area contributed by atoms with Crippen molar-refractivity contribution in [1.29, 1.82) is 0 Å². The number of rotatable bonds is 3. The fraction of sp³-hybridized carbons (Fsp3) is 0.0625. The number of hydrogen-bond acceptors (Lipinski definition) is 3. The van der Waals surface area contributed by atoms with Gasteiger partial charge in [-0.15, -0.1) is 0 Å². The Labute approximate surface area is 149 Å². The van der Waals surface area contributed by atoms with E-state index in [1.165, 1.54) is 12.1 Å². The van der Waals surface area contributed by atoms with Crippen LogP contribution in [0.1, 0.15) is 5.69 Å². The van der Waals surface area contributed by atoms with Crippen LogP contribution in [0.3, 0.4) is 0 Å². The Morgan fingerprint density at radius 1 is 0.926 bits per heavy atom. The molecule has 0 aliphatic carbocycles. The zero-order chi connectivity index (χ0) is 20.0. The smallest absolute Gasteiger partial charge is 0.233 e.